The van der Waals surface area contributed by atoms with Crippen molar-refractivity contribution in [2.75, 3.05) is 10.6 Å². The minimum absolute atomic E-state index is 0.00688. The monoisotopic (exact) mass is 348 g/mol. The summed E-state index contributed by atoms with van der Waals surface area (Å²) in [7, 11) is 0. The van der Waals surface area contributed by atoms with Crippen LogP contribution in [0.15, 0.2) is 29.8 Å². The topological polar surface area (TPSA) is 83.1 Å². The van der Waals surface area contributed by atoms with Gasteiger partial charge in [-0.2, -0.15) is 0 Å². The van der Waals surface area contributed by atoms with Gasteiger partial charge in [0.1, 0.15) is 10.8 Å². The fraction of sp³-hybridized carbons (Fsp3) is 0.312. The van der Waals surface area contributed by atoms with Gasteiger partial charge < -0.3 is 16.0 Å². The number of rotatable bonds is 5. The van der Waals surface area contributed by atoms with Crippen LogP contribution < -0.4 is 16.0 Å². The zero-order chi connectivity index (χ0) is 17.1. The lowest BCUT2D eigenvalue weighted by Gasteiger charge is -2.17. The zero-order valence-corrected chi connectivity index (χ0v) is 13.8. The Kier molecular flexibility index (Phi) is 4.75. The van der Waals surface area contributed by atoms with Crippen molar-refractivity contribution in [3.63, 3.8) is 0 Å². The van der Waals surface area contributed by atoms with E-state index in [2.05, 4.69) is 20.9 Å². The minimum Gasteiger partial charge on any atom is -0.328 e. The average molecular weight is 348 g/mol. The van der Waals surface area contributed by atoms with Gasteiger partial charge in [-0.05, 0) is 37.0 Å². The van der Waals surface area contributed by atoms with E-state index in [1.54, 1.807) is 6.20 Å². The van der Waals surface area contributed by atoms with Crippen LogP contribution >= 0.6 is 11.3 Å². The summed E-state index contributed by atoms with van der Waals surface area (Å²) >= 11 is 1.48. The van der Waals surface area contributed by atoms with Crippen molar-refractivity contribution in [3.8, 4) is 0 Å². The van der Waals surface area contributed by atoms with E-state index in [4.69, 9.17) is 0 Å². The van der Waals surface area contributed by atoms with Crippen LogP contribution in [0, 0.1) is 11.7 Å². The molecule has 1 atom stereocenters. The van der Waals surface area contributed by atoms with Gasteiger partial charge in [0.25, 0.3) is 0 Å². The molecule has 126 valence electrons. The first-order chi connectivity index (χ1) is 11.5. The van der Waals surface area contributed by atoms with Gasteiger partial charge in [0.05, 0.1) is 11.7 Å². The van der Waals surface area contributed by atoms with Crippen LogP contribution in [0.25, 0.3) is 0 Å². The van der Waals surface area contributed by atoms with Crippen LogP contribution in [0.2, 0.25) is 0 Å². The lowest BCUT2D eigenvalue weighted by Crippen LogP contribution is -2.33. The largest absolute Gasteiger partial charge is 0.328 e. The molecule has 1 aliphatic rings. The first kappa shape index (κ1) is 16.4. The molecular formula is C16H17FN4O2S. The second kappa shape index (κ2) is 6.96. The van der Waals surface area contributed by atoms with E-state index >= 15 is 0 Å². The quantitative estimate of drug-likeness (QED) is 0.773. The summed E-state index contributed by atoms with van der Waals surface area (Å²) < 4.78 is 13.9. The van der Waals surface area contributed by atoms with E-state index in [9.17, 15) is 14.0 Å². The number of aromatic nitrogens is 1. The van der Waals surface area contributed by atoms with Crippen LogP contribution in [-0.4, -0.2) is 16.9 Å². The molecule has 0 spiro atoms. The molecule has 3 N–H and O–H groups in total. The summed E-state index contributed by atoms with van der Waals surface area (Å²) in [5.74, 6) is -0.469. The van der Waals surface area contributed by atoms with Gasteiger partial charge in [-0.25, -0.2) is 14.2 Å². The second-order valence-electron chi connectivity index (χ2n) is 5.66. The first-order valence-electron chi connectivity index (χ1n) is 7.57. The molecule has 1 saturated carbocycles. The van der Waals surface area contributed by atoms with Gasteiger partial charge in [0.2, 0.25) is 5.91 Å². The first-order valence-corrected chi connectivity index (χ1v) is 8.45. The number of nitrogens with one attached hydrogen (secondary N) is 3. The van der Waals surface area contributed by atoms with Gasteiger partial charge in [0.15, 0.2) is 0 Å². The molecular weight excluding hydrogens is 331 g/mol. The maximum Gasteiger partial charge on any atom is 0.319 e. The van der Waals surface area contributed by atoms with E-state index in [0.717, 1.165) is 17.8 Å². The van der Waals surface area contributed by atoms with Crippen LogP contribution in [0.5, 0.6) is 0 Å². The fourth-order valence-corrected chi connectivity index (χ4v) is 3.18. The van der Waals surface area contributed by atoms with Crippen molar-refractivity contribution < 1.29 is 14.0 Å². The lowest BCUT2D eigenvalue weighted by molar-refractivity contribution is -0.114. The Hall–Kier alpha value is -2.48. The summed E-state index contributed by atoms with van der Waals surface area (Å²) in [6, 6.07) is 3.35. The Morgan fingerprint density at radius 1 is 1.33 bits per heavy atom. The highest BCUT2D eigenvalue weighted by atomic mass is 32.1. The SMILES string of the molecule is CC(=O)Nc1ccc(F)c(NC(=O)NC(c2nccs2)C2CC2)c1. The third-order valence-electron chi connectivity index (χ3n) is 3.63. The summed E-state index contributed by atoms with van der Waals surface area (Å²) in [5.41, 5.74) is 0.422. The van der Waals surface area contributed by atoms with Crippen LogP contribution in [0.1, 0.15) is 30.8 Å². The van der Waals surface area contributed by atoms with E-state index in [0.29, 0.717) is 11.6 Å². The number of halogens is 1. The summed E-state index contributed by atoms with van der Waals surface area (Å²) in [4.78, 5) is 27.6. The van der Waals surface area contributed by atoms with Crippen molar-refractivity contribution >= 4 is 34.6 Å². The van der Waals surface area contributed by atoms with E-state index in [-0.39, 0.29) is 17.6 Å². The lowest BCUT2D eigenvalue weighted by atomic mass is 10.2. The number of benzene rings is 1. The van der Waals surface area contributed by atoms with Crippen molar-refractivity contribution in [3.05, 3.63) is 40.6 Å². The molecule has 8 heteroatoms. The molecule has 1 heterocycles. The van der Waals surface area contributed by atoms with E-state index in [1.165, 1.54) is 36.5 Å². The van der Waals surface area contributed by atoms with Gasteiger partial charge in [0, 0.05) is 24.2 Å². The van der Waals surface area contributed by atoms with Crippen molar-refractivity contribution in [2.24, 2.45) is 5.92 Å². The van der Waals surface area contributed by atoms with Crippen molar-refractivity contribution in [2.45, 2.75) is 25.8 Å². The Morgan fingerprint density at radius 2 is 2.12 bits per heavy atom. The summed E-state index contributed by atoms with van der Waals surface area (Å²) in [6.45, 7) is 1.36. The molecule has 0 aliphatic heterocycles. The van der Waals surface area contributed by atoms with Crippen LogP contribution in [0.4, 0.5) is 20.6 Å². The Balaban J connectivity index is 1.69. The molecule has 1 aromatic heterocycles. The number of anilines is 2. The zero-order valence-electron chi connectivity index (χ0n) is 13.0. The van der Waals surface area contributed by atoms with Gasteiger partial charge in [-0.3, -0.25) is 4.79 Å². The molecule has 3 amide bonds. The molecule has 0 bridgehead atoms. The number of hydrogen-bond acceptors (Lipinski definition) is 4. The molecule has 1 unspecified atom stereocenters. The number of carbonyl (C=O) groups excluding carboxylic acids is 2. The van der Waals surface area contributed by atoms with E-state index < -0.39 is 11.8 Å². The normalized spacial score (nSPS) is 14.8. The number of amides is 3. The maximum absolute atomic E-state index is 13.9. The highest BCUT2D eigenvalue weighted by Crippen LogP contribution is 2.41. The van der Waals surface area contributed by atoms with Gasteiger partial charge in [-0.15, -0.1) is 11.3 Å². The highest BCUT2D eigenvalue weighted by molar-refractivity contribution is 7.09. The molecule has 24 heavy (non-hydrogen) atoms. The standard InChI is InChI=1S/C16H17FN4O2S/c1-9(22)19-11-4-5-12(17)13(8-11)20-16(23)21-14(10-2-3-10)15-18-6-7-24-15/h4-8,10,14H,2-3H2,1H3,(H,19,22)(H2,20,21,23). The Morgan fingerprint density at radius 3 is 2.75 bits per heavy atom. The molecule has 0 saturated heterocycles. The summed E-state index contributed by atoms with van der Waals surface area (Å²) in [6.07, 6.45) is 3.78. The van der Waals surface area contributed by atoms with Crippen LogP contribution in [0.3, 0.4) is 0 Å². The van der Waals surface area contributed by atoms with Crippen molar-refractivity contribution in [1.82, 2.24) is 10.3 Å². The minimum atomic E-state index is -0.573. The molecule has 6 nitrogen and oxygen atoms in total. The maximum atomic E-state index is 13.9. The fourth-order valence-electron chi connectivity index (χ4n) is 2.40. The highest BCUT2D eigenvalue weighted by Gasteiger charge is 2.35. The molecule has 0 radical (unpaired) electrons. The third-order valence-corrected chi connectivity index (χ3v) is 4.49. The average Bonchev–Trinajstić information content (AvgIpc) is 3.22. The summed E-state index contributed by atoms with van der Waals surface area (Å²) in [5, 5.41) is 10.6. The molecule has 2 aromatic rings. The number of carbonyl (C=O) groups is 2. The second-order valence-corrected chi connectivity index (χ2v) is 6.59. The molecule has 1 aromatic carbocycles. The number of hydrogen-bond donors (Lipinski definition) is 3. The molecule has 1 fully saturated rings. The predicted molar refractivity (Wildman–Crippen MR) is 90.4 cm³/mol. The van der Waals surface area contributed by atoms with E-state index in [1.807, 2.05) is 5.38 Å². The number of urea groups is 1. The molecule has 3 rings (SSSR count). The Labute approximate surface area is 142 Å². The molecule has 1 aliphatic carbocycles. The smallest absolute Gasteiger partial charge is 0.319 e. The Bertz CT molecular complexity index is 747. The van der Waals surface area contributed by atoms with Gasteiger partial charge >= 0.3 is 6.03 Å². The number of nitrogens with zero attached hydrogens (tertiary/aromatic N) is 1. The van der Waals surface area contributed by atoms with Crippen molar-refractivity contribution in [1.29, 1.82) is 0 Å². The van der Waals surface area contributed by atoms with Crippen LogP contribution in [-0.2, 0) is 4.79 Å². The predicted octanol–water partition coefficient (Wildman–Crippen LogP) is 3.51. The third kappa shape index (κ3) is 4.08. The number of thiazole rings is 1. The van der Waals surface area contributed by atoms with Gasteiger partial charge in [-0.1, -0.05) is 0 Å².